The van der Waals surface area contributed by atoms with Gasteiger partial charge < -0.3 is 9.72 Å². The van der Waals surface area contributed by atoms with Crippen LogP contribution in [0.4, 0.5) is 0 Å². The Hall–Kier alpha value is -1.32. The Morgan fingerprint density at radius 1 is 1.64 bits per heavy atom. The molecule has 0 saturated carbocycles. The standard InChI is InChI=1S/C7H10N2O2/c1-5(2)11-7-6(10)8-3-4-9-7/h3-5H,1-2H3,(H,8,10). The molecule has 0 fully saturated rings. The minimum absolute atomic E-state index is 0.0222. The van der Waals surface area contributed by atoms with E-state index in [0.29, 0.717) is 0 Å². The molecule has 0 unspecified atom stereocenters. The Balaban J connectivity index is 2.87. The Bertz CT molecular complexity index is 280. The van der Waals surface area contributed by atoms with Crippen molar-refractivity contribution in [3.8, 4) is 5.88 Å². The van der Waals surface area contributed by atoms with E-state index in [1.165, 1.54) is 12.4 Å². The van der Waals surface area contributed by atoms with Gasteiger partial charge in [-0.25, -0.2) is 4.98 Å². The summed E-state index contributed by atoms with van der Waals surface area (Å²) < 4.78 is 5.09. The van der Waals surface area contributed by atoms with Crippen LogP contribution in [0.15, 0.2) is 17.2 Å². The highest BCUT2D eigenvalue weighted by atomic mass is 16.5. The molecule has 0 aromatic carbocycles. The first-order valence-corrected chi connectivity index (χ1v) is 3.40. The first kappa shape index (κ1) is 7.78. The lowest BCUT2D eigenvalue weighted by molar-refractivity contribution is 0.229. The van der Waals surface area contributed by atoms with Crippen molar-refractivity contribution in [2.75, 3.05) is 0 Å². The molecule has 1 aromatic rings. The third-order valence-corrected chi connectivity index (χ3v) is 1.02. The van der Waals surface area contributed by atoms with Crippen LogP contribution in [0.25, 0.3) is 0 Å². The normalized spacial score (nSPS) is 10.1. The average Bonchev–Trinajstić information content (AvgIpc) is 1.93. The number of hydrogen-bond acceptors (Lipinski definition) is 3. The summed E-state index contributed by atoms with van der Waals surface area (Å²) in [5.41, 5.74) is -0.291. The summed E-state index contributed by atoms with van der Waals surface area (Å²) in [7, 11) is 0. The fourth-order valence-electron chi connectivity index (χ4n) is 0.645. The van der Waals surface area contributed by atoms with Crippen molar-refractivity contribution in [2.45, 2.75) is 20.0 Å². The molecule has 1 heterocycles. The molecule has 4 nitrogen and oxygen atoms in total. The van der Waals surface area contributed by atoms with Crippen LogP contribution in [0.2, 0.25) is 0 Å². The van der Waals surface area contributed by atoms with Crippen LogP contribution in [0.3, 0.4) is 0 Å². The molecule has 0 saturated heterocycles. The molecule has 1 N–H and O–H groups in total. The van der Waals surface area contributed by atoms with Crippen molar-refractivity contribution in [3.63, 3.8) is 0 Å². The largest absolute Gasteiger partial charge is 0.471 e. The van der Waals surface area contributed by atoms with Crippen LogP contribution in [-0.2, 0) is 0 Å². The van der Waals surface area contributed by atoms with Crippen LogP contribution in [0.1, 0.15) is 13.8 Å². The van der Waals surface area contributed by atoms with Crippen LogP contribution in [-0.4, -0.2) is 16.1 Å². The number of aromatic nitrogens is 2. The van der Waals surface area contributed by atoms with Gasteiger partial charge in [0, 0.05) is 12.4 Å². The predicted molar refractivity (Wildman–Crippen MR) is 40.6 cm³/mol. The van der Waals surface area contributed by atoms with E-state index in [1.54, 1.807) is 0 Å². The minimum Gasteiger partial charge on any atom is -0.471 e. The lowest BCUT2D eigenvalue weighted by atomic mass is 10.5. The molecule has 11 heavy (non-hydrogen) atoms. The summed E-state index contributed by atoms with van der Waals surface area (Å²) in [5, 5.41) is 0. The van der Waals surface area contributed by atoms with Gasteiger partial charge >= 0.3 is 5.56 Å². The Morgan fingerprint density at radius 3 is 2.91 bits per heavy atom. The van der Waals surface area contributed by atoms with Crippen molar-refractivity contribution >= 4 is 0 Å². The first-order chi connectivity index (χ1) is 5.20. The van der Waals surface area contributed by atoms with Gasteiger partial charge in [-0.1, -0.05) is 0 Å². The third-order valence-electron chi connectivity index (χ3n) is 1.02. The van der Waals surface area contributed by atoms with Crippen molar-refractivity contribution < 1.29 is 4.74 Å². The molecular formula is C7H10N2O2. The van der Waals surface area contributed by atoms with Crippen LogP contribution < -0.4 is 10.3 Å². The maximum absolute atomic E-state index is 10.9. The lowest BCUT2D eigenvalue weighted by Gasteiger charge is -2.05. The van der Waals surface area contributed by atoms with Gasteiger partial charge in [0.15, 0.2) is 0 Å². The van der Waals surface area contributed by atoms with Gasteiger partial charge in [0.1, 0.15) is 0 Å². The Labute approximate surface area is 64.2 Å². The number of hydrogen-bond donors (Lipinski definition) is 1. The zero-order chi connectivity index (χ0) is 8.27. The Morgan fingerprint density at radius 2 is 2.36 bits per heavy atom. The number of rotatable bonds is 2. The van der Waals surface area contributed by atoms with E-state index in [2.05, 4.69) is 9.97 Å². The molecule has 0 bridgehead atoms. The molecule has 0 aliphatic heterocycles. The summed E-state index contributed by atoms with van der Waals surface area (Å²) in [4.78, 5) is 17.1. The highest BCUT2D eigenvalue weighted by Gasteiger charge is 2.01. The first-order valence-electron chi connectivity index (χ1n) is 3.40. The van der Waals surface area contributed by atoms with E-state index in [4.69, 9.17) is 4.74 Å². The van der Waals surface area contributed by atoms with Crippen LogP contribution in [0, 0.1) is 0 Å². The molecule has 1 aromatic heterocycles. The molecule has 4 heteroatoms. The summed E-state index contributed by atoms with van der Waals surface area (Å²) in [6.45, 7) is 3.68. The van der Waals surface area contributed by atoms with Crippen molar-refractivity contribution in [3.05, 3.63) is 22.7 Å². The van der Waals surface area contributed by atoms with Crippen molar-refractivity contribution in [2.24, 2.45) is 0 Å². The van der Waals surface area contributed by atoms with E-state index in [0.717, 1.165) is 0 Å². The maximum atomic E-state index is 10.9. The van der Waals surface area contributed by atoms with Gasteiger partial charge in [-0.2, -0.15) is 0 Å². The number of H-pyrrole nitrogens is 1. The van der Waals surface area contributed by atoms with E-state index >= 15 is 0 Å². The van der Waals surface area contributed by atoms with Gasteiger partial charge in [-0.05, 0) is 13.8 Å². The van der Waals surface area contributed by atoms with Gasteiger partial charge in [-0.15, -0.1) is 0 Å². The van der Waals surface area contributed by atoms with Gasteiger partial charge in [0.25, 0.3) is 5.88 Å². The molecule has 60 valence electrons. The van der Waals surface area contributed by atoms with E-state index in [-0.39, 0.29) is 17.5 Å². The average molecular weight is 154 g/mol. The monoisotopic (exact) mass is 154 g/mol. The molecular weight excluding hydrogens is 144 g/mol. The summed E-state index contributed by atoms with van der Waals surface area (Å²) in [5.74, 6) is 0.127. The predicted octanol–water partition coefficient (Wildman–Crippen LogP) is 0.557. The van der Waals surface area contributed by atoms with Crippen LogP contribution >= 0.6 is 0 Å². The molecule has 0 aliphatic carbocycles. The zero-order valence-corrected chi connectivity index (χ0v) is 6.50. The second kappa shape index (κ2) is 3.18. The molecule has 0 atom stereocenters. The van der Waals surface area contributed by atoms with Gasteiger partial charge in [0.05, 0.1) is 6.10 Å². The lowest BCUT2D eigenvalue weighted by Crippen LogP contribution is -2.16. The summed E-state index contributed by atoms with van der Waals surface area (Å²) in [6, 6.07) is 0. The highest BCUT2D eigenvalue weighted by molar-refractivity contribution is 5.02. The second-order valence-electron chi connectivity index (χ2n) is 2.39. The second-order valence-corrected chi connectivity index (χ2v) is 2.39. The number of nitrogens with one attached hydrogen (secondary N) is 1. The van der Waals surface area contributed by atoms with Gasteiger partial charge in [-0.3, -0.25) is 4.79 Å². The smallest absolute Gasteiger partial charge is 0.310 e. The van der Waals surface area contributed by atoms with Gasteiger partial charge in [0.2, 0.25) is 0 Å². The van der Waals surface area contributed by atoms with E-state index in [9.17, 15) is 4.79 Å². The molecule has 0 aliphatic rings. The number of nitrogens with zero attached hydrogens (tertiary/aromatic N) is 1. The topological polar surface area (TPSA) is 55.0 Å². The van der Waals surface area contributed by atoms with E-state index < -0.39 is 0 Å². The molecule has 0 radical (unpaired) electrons. The van der Waals surface area contributed by atoms with Crippen molar-refractivity contribution in [1.29, 1.82) is 0 Å². The SMILES string of the molecule is CC(C)Oc1ncc[nH]c1=O. The fraction of sp³-hybridized carbons (Fsp3) is 0.429. The third kappa shape index (κ3) is 2.07. The molecule has 0 amide bonds. The van der Waals surface area contributed by atoms with Crippen LogP contribution in [0.5, 0.6) is 5.88 Å². The summed E-state index contributed by atoms with van der Waals surface area (Å²) in [6.07, 6.45) is 2.93. The zero-order valence-electron chi connectivity index (χ0n) is 6.50. The quantitative estimate of drug-likeness (QED) is 0.677. The minimum atomic E-state index is -0.291. The maximum Gasteiger partial charge on any atom is 0.310 e. The number of aromatic amines is 1. The van der Waals surface area contributed by atoms with E-state index in [1.807, 2.05) is 13.8 Å². The summed E-state index contributed by atoms with van der Waals surface area (Å²) >= 11 is 0. The number of ether oxygens (including phenoxy) is 1. The molecule has 1 rings (SSSR count). The van der Waals surface area contributed by atoms with Crippen molar-refractivity contribution in [1.82, 2.24) is 9.97 Å². The molecule has 0 spiro atoms. The Kier molecular flexibility index (Phi) is 2.25. The highest BCUT2D eigenvalue weighted by Crippen LogP contribution is 1.96. The fourth-order valence-corrected chi connectivity index (χ4v) is 0.645.